The van der Waals surface area contributed by atoms with E-state index in [1.807, 2.05) is 0 Å². The van der Waals surface area contributed by atoms with Gasteiger partial charge in [-0.25, -0.2) is 13.6 Å². The van der Waals surface area contributed by atoms with Crippen molar-refractivity contribution in [1.82, 2.24) is 16.1 Å². The van der Waals surface area contributed by atoms with Crippen LogP contribution >= 0.6 is 0 Å². The number of alkyl carbamates (subject to hydrolysis) is 1. The number of rotatable bonds is 9. The minimum absolute atomic E-state index is 0.133. The van der Waals surface area contributed by atoms with E-state index in [2.05, 4.69) is 21.2 Å². The summed E-state index contributed by atoms with van der Waals surface area (Å²) in [7, 11) is 0. The fourth-order valence-corrected chi connectivity index (χ4v) is 3.98. The van der Waals surface area contributed by atoms with Crippen LogP contribution in [0.15, 0.2) is 23.3 Å². The van der Waals surface area contributed by atoms with Crippen molar-refractivity contribution in [2.24, 2.45) is 22.9 Å². The summed E-state index contributed by atoms with van der Waals surface area (Å²) in [6, 6.07) is 2.98. The Labute approximate surface area is 185 Å². The third-order valence-corrected chi connectivity index (χ3v) is 5.81. The molecule has 10 heteroatoms. The molecule has 0 saturated heterocycles. The van der Waals surface area contributed by atoms with Crippen molar-refractivity contribution in [3.8, 4) is 0 Å². The molecular formula is C22H30F2N4O4. The Kier molecular flexibility index (Phi) is 8.38. The van der Waals surface area contributed by atoms with Gasteiger partial charge >= 0.3 is 6.09 Å². The van der Waals surface area contributed by atoms with E-state index in [4.69, 9.17) is 9.84 Å². The molecule has 1 aromatic rings. The van der Waals surface area contributed by atoms with Crippen molar-refractivity contribution < 1.29 is 28.2 Å². The Balaban J connectivity index is 1.30. The van der Waals surface area contributed by atoms with Gasteiger partial charge in [-0.2, -0.15) is 5.10 Å². The maximum atomic E-state index is 13.2. The van der Waals surface area contributed by atoms with Crippen LogP contribution in [0.5, 0.6) is 0 Å². The van der Waals surface area contributed by atoms with E-state index in [1.54, 1.807) is 6.92 Å². The smallest absolute Gasteiger partial charge is 0.407 e. The summed E-state index contributed by atoms with van der Waals surface area (Å²) in [5.74, 6) is -0.588. The van der Waals surface area contributed by atoms with Crippen LogP contribution < -0.4 is 16.1 Å². The quantitative estimate of drug-likeness (QED) is 0.260. The summed E-state index contributed by atoms with van der Waals surface area (Å²) in [5, 5.41) is 18.5. The topological polar surface area (TPSA) is 112 Å². The zero-order valence-corrected chi connectivity index (χ0v) is 18.1. The number of carbonyl (C=O) groups is 2. The molecular weight excluding hydrogens is 422 g/mol. The van der Waals surface area contributed by atoms with E-state index < -0.39 is 23.6 Å². The Hall–Kier alpha value is -2.75. The number of nitrogens with zero attached hydrogens (tertiary/aromatic N) is 1. The number of hydrazone groups is 1. The Morgan fingerprint density at radius 1 is 1.12 bits per heavy atom. The maximum Gasteiger partial charge on any atom is 0.407 e. The summed E-state index contributed by atoms with van der Waals surface area (Å²) >= 11 is 0. The van der Waals surface area contributed by atoms with Crippen LogP contribution in [0.1, 0.15) is 38.2 Å². The number of hydrogen-bond acceptors (Lipinski definition) is 6. The molecule has 176 valence electrons. The van der Waals surface area contributed by atoms with Crippen LogP contribution in [0, 0.1) is 29.4 Å². The second kappa shape index (κ2) is 11.2. The molecule has 1 aromatic carbocycles. The average molecular weight is 453 g/mol. The molecule has 2 amide bonds. The first-order valence-electron chi connectivity index (χ1n) is 10.9. The predicted octanol–water partition coefficient (Wildman–Crippen LogP) is 2.07. The van der Waals surface area contributed by atoms with Crippen LogP contribution in [0.25, 0.3) is 0 Å². The fraction of sp³-hybridized carbons (Fsp3) is 0.591. The monoisotopic (exact) mass is 452 g/mol. The van der Waals surface area contributed by atoms with Gasteiger partial charge in [0.2, 0.25) is 5.91 Å². The van der Waals surface area contributed by atoms with Gasteiger partial charge in [0.15, 0.2) is 0 Å². The average Bonchev–Trinajstić information content (AvgIpc) is 3.34. The molecule has 4 N–H and O–H groups in total. The van der Waals surface area contributed by atoms with Crippen molar-refractivity contribution in [3.63, 3.8) is 0 Å². The first-order chi connectivity index (χ1) is 15.3. The van der Waals surface area contributed by atoms with E-state index >= 15 is 0 Å². The highest BCUT2D eigenvalue weighted by Crippen LogP contribution is 2.37. The third kappa shape index (κ3) is 7.74. The van der Waals surface area contributed by atoms with E-state index in [-0.39, 0.29) is 30.6 Å². The van der Waals surface area contributed by atoms with Gasteiger partial charge in [-0.3, -0.25) is 4.79 Å². The zero-order chi connectivity index (χ0) is 23.1. The number of halogens is 2. The van der Waals surface area contributed by atoms with Gasteiger partial charge in [0, 0.05) is 25.8 Å². The van der Waals surface area contributed by atoms with E-state index in [1.165, 1.54) is 0 Å². The molecule has 0 heterocycles. The van der Waals surface area contributed by atoms with Gasteiger partial charge in [0.05, 0.1) is 6.42 Å². The van der Waals surface area contributed by atoms with Crippen molar-refractivity contribution in [3.05, 3.63) is 35.4 Å². The van der Waals surface area contributed by atoms with Gasteiger partial charge in [-0.1, -0.05) is 0 Å². The molecule has 2 fully saturated rings. The number of amides is 2. The second-order valence-corrected chi connectivity index (χ2v) is 8.59. The SMILES string of the molecule is C/C(=N\NC[C@@H]1CC[C@H](OC(=O)NC[C@@H]2C[C@H]2CO)C1)NC(=O)Cc1cc(F)cc(F)c1. The fourth-order valence-electron chi connectivity index (χ4n) is 3.98. The number of benzene rings is 1. The lowest BCUT2D eigenvalue weighted by Crippen LogP contribution is -2.32. The summed E-state index contributed by atoms with van der Waals surface area (Å²) in [6.07, 6.45) is 2.64. The summed E-state index contributed by atoms with van der Waals surface area (Å²) in [6.45, 7) is 2.89. The molecule has 4 atom stereocenters. The molecule has 3 rings (SSSR count). The molecule has 8 nitrogen and oxygen atoms in total. The van der Waals surface area contributed by atoms with Gasteiger partial charge in [0.25, 0.3) is 0 Å². The predicted molar refractivity (Wildman–Crippen MR) is 114 cm³/mol. The minimum Gasteiger partial charge on any atom is -0.446 e. The van der Waals surface area contributed by atoms with Crippen LogP contribution in [-0.2, 0) is 16.0 Å². The highest BCUT2D eigenvalue weighted by Gasteiger charge is 2.36. The molecule has 0 radical (unpaired) electrons. The van der Waals surface area contributed by atoms with Crippen molar-refractivity contribution in [2.45, 2.75) is 45.1 Å². The lowest BCUT2D eigenvalue weighted by molar-refractivity contribution is -0.119. The Morgan fingerprint density at radius 3 is 2.56 bits per heavy atom. The second-order valence-electron chi connectivity index (χ2n) is 8.59. The molecule has 32 heavy (non-hydrogen) atoms. The maximum absolute atomic E-state index is 13.2. The lowest BCUT2D eigenvalue weighted by atomic mass is 10.1. The van der Waals surface area contributed by atoms with Gasteiger partial charge in [-0.05, 0) is 68.1 Å². The summed E-state index contributed by atoms with van der Waals surface area (Å²) < 4.78 is 31.9. The van der Waals surface area contributed by atoms with E-state index in [9.17, 15) is 18.4 Å². The van der Waals surface area contributed by atoms with E-state index in [0.29, 0.717) is 30.8 Å². The number of nitrogens with one attached hydrogen (secondary N) is 3. The van der Waals surface area contributed by atoms with E-state index in [0.717, 1.165) is 43.9 Å². The first-order valence-corrected chi connectivity index (χ1v) is 10.9. The summed E-state index contributed by atoms with van der Waals surface area (Å²) in [5.41, 5.74) is 3.16. The lowest BCUT2D eigenvalue weighted by Gasteiger charge is -2.14. The van der Waals surface area contributed by atoms with Crippen LogP contribution in [0.4, 0.5) is 13.6 Å². The molecule has 0 spiro atoms. The molecule has 2 aliphatic rings. The van der Waals surface area contributed by atoms with Gasteiger partial charge < -0.3 is 25.9 Å². The molecule has 0 aromatic heterocycles. The Morgan fingerprint density at radius 2 is 1.88 bits per heavy atom. The highest BCUT2D eigenvalue weighted by atomic mass is 19.1. The van der Waals surface area contributed by atoms with Crippen molar-refractivity contribution >= 4 is 17.8 Å². The zero-order valence-electron chi connectivity index (χ0n) is 18.1. The Bertz CT molecular complexity index is 831. The molecule has 2 aliphatic carbocycles. The van der Waals surface area contributed by atoms with Crippen LogP contribution in [0.2, 0.25) is 0 Å². The van der Waals surface area contributed by atoms with Gasteiger partial charge in [0.1, 0.15) is 23.6 Å². The summed E-state index contributed by atoms with van der Waals surface area (Å²) in [4.78, 5) is 23.9. The first kappa shape index (κ1) is 23.9. The largest absolute Gasteiger partial charge is 0.446 e. The molecule has 0 unspecified atom stereocenters. The molecule has 0 bridgehead atoms. The number of aliphatic hydroxyl groups excluding tert-OH is 1. The van der Waals surface area contributed by atoms with Gasteiger partial charge in [-0.15, -0.1) is 0 Å². The standard InChI is InChI=1S/C22H30F2N4O4/c1-13(27-21(30)7-15-4-18(23)9-19(24)5-15)28-26-10-14-2-3-20(6-14)32-22(31)25-11-16-8-17(16)12-29/h4-5,9,14,16-17,20,26,29H,2-3,6-8,10-12H2,1H3,(H,25,31)(H,27,28,30)/t14-,16+,17+,20+/m1/s1. The number of carbonyl (C=O) groups excluding carboxylic acids is 2. The number of ether oxygens (including phenoxy) is 1. The van der Waals surface area contributed by atoms with Crippen LogP contribution in [0.3, 0.4) is 0 Å². The number of hydrogen-bond donors (Lipinski definition) is 4. The highest BCUT2D eigenvalue weighted by molar-refractivity contribution is 5.97. The number of amidine groups is 1. The number of aliphatic hydroxyl groups is 1. The molecule has 2 saturated carbocycles. The van der Waals surface area contributed by atoms with Crippen molar-refractivity contribution in [1.29, 1.82) is 0 Å². The van der Waals surface area contributed by atoms with Crippen molar-refractivity contribution in [2.75, 3.05) is 19.7 Å². The minimum atomic E-state index is -0.727. The molecule has 0 aliphatic heterocycles. The van der Waals surface area contributed by atoms with Crippen LogP contribution in [-0.4, -0.2) is 48.7 Å². The normalized spacial score (nSPS) is 24.7. The third-order valence-electron chi connectivity index (χ3n) is 5.81.